The molecule has 8 fully saturated rings. The lowest BCUT2D eigenvalue weighted by Crippen LogP contribution is -2.55. The molecule has 10 aliphatic rings. The lowest BCUT2D eigenvalue weighted by Gasteiger charge is -2.61. The van der Waals surface area contributed by atoms with E-state index in [1.165, 1.54) is 125 Å². The van der Waals surface area contributed by atoms with E-state index in [4.69, 9.17) is 0 Å². The van der Waals surface area contributed by atoms with Crippen molar-refractivity contribution in [3.63, 3.8) is 0 Å². The molecular weight excluding hydrogens is 735 g/mol. The molecule has 1 nitrogen and oxygen atoms in total. The summed E-state index contributed by atoms with van der Waals surface area (Å²) < 4.78 is 0. The molecule has 0 aliphatic heterocycles. The van der Waals surface area contributed by atoms with Crippen molar-refractivity contribution in [2.75, 3.05) is 4.90 Å². The minimum atomic E-state index is 0.168. The van der Waals surface area contributed by atoms with Crippen LogP contribution in [0.2, 0.25) is 0 Å². The Morgan fingerprint density at radius 3 is 1.31 bits per heavy atom. The third-order valence-corrected chi connectivity index (χ3v) is 18.8. The van der Waals surface area contributed by atoms with Gasteiger partial charge in [0, 0.05) is 27.9 Å². The quantitative estimate of drug-likeness (QED) is 0.172. The molecule has 0 unspecified atom stereocenters. The van der Waals surface area contributed by atoms with Crippen molar-refractivity contribution in [2.24, 2.45) is 47.3 Å². The minimum Gasteiger partial charge on any atom is -0.310 e. The molecule has 7 aromatic rings. The summed E-state index contributed by atoms with van der Waals surface area (Å²) in [6.45, 7) is 0. The number of hydrogen-bond acceptors (Lipinski definition) is 1. The summed E-state index contributed by atoms with van der Waals surface area (Å²) in [4.78, 5) is 2.62. The van der Waals surface area contributed by atoms with Gasteiger partial charge in [0.2, 0.25) is 0 Å². The SMILES string of the molecule is c1cc(-c2cccc3ccccc23)cc(N(c2ccc3c(c2)-c2ccccc2C32C3CC4CC(C3)CC2C4)c2ccc3c(c2)-c2ccccc2C32C3CC4CC(C3)CC2C4)c1. The normalized spacial score (nSPS) is 32.4. The molecule has 7 aromatic carbocycles. The van der Waals surface area contributed by atoms with Crippen LogP contribution in [0.15, 0.2) is 152 Å². The molecule has 0 radical (unpaired) electrons. The summed E-state index contributed by atoms with van der Waals surface area (Å²) in [5, 5.41) is 2.59. The summed E-state index contributed by atoms with van der Waals surface area (Å²) in [5.41, 5.74) is 19.1. The molecule has 0 aromatic heterocycles. The van der Waals surface area contributed by atoms with Gasteiger partial charge in [-0.25, -0.2) is 0 Å². The standard InChI is InChI=1S/C60H53N/c1-2-13-49-40(9-1)10-8-16-50(49)41-11-7-12-46(33-41)61(47-19-21-57-53(34-47)51-14-3-5-17-55(51)59(57)42-25-36-23-37(27-42)28-43(59)26-36)48-20-22-58-54(35-48)52-15-4-6-18-56(52)60(58)44-29-38-24-39(31-44)32-45(60)30-38/h1-22,33-39,42-45H,23-32H2. The first-order chi connectivity index (χ1) is 30.1. The van der Waals surface area contributed by atoms with E-state index >= 15 is 0 Å². The second-order valence-electron chi connectivity index (χ2n) is 21.3. The molecule has 2 spiro atoms. The summed E-state index contributed by atoms with van der Waals surface area (Å²) in [6, 6.07) is 59.8. The van der Waals surface area contributed by atoms with Gasteiger partial charge < -0.3 is 4.90 Å². The van der Waals surface area contributed by atoms with Gasteiger partial charge in [0.25, 0.3) is 0 Å². The average molecular weight is 788 g/mol. The van der Waals surface area contributed by atoms with Gasteiger partial charge in [-0.3, -0.25) is 0 Å². The molecule has 8 bridgehead atoms. The Hall–Kier alpha value is -5.40. The fourth-order valence-corrected chi connectivity index (χ4v) is 17.3. The summed E-state index contributed by atoms with van der Waals surface area (Å²) in [7, 11) is 0. The first-order valence-electron chi connectivity index (χ1n) is 24.0. The highest BCUT2D eigenvalue weighted by molar-refractivity contribution is 5.98. The van der Waals surface area contributed by atoms with Crippen LogP contribution in [0.3, 0.4) is 0 Å². The van der Waals surface area contributed by atoms with Crippen LogP contribution in [0.5, 0.6) is 0 Å². The predicted octanol–water partition coefficient (Wildman–Crippen LogP) is 15.4. The Bertz CT molecular complexity index is 2780. The van der Waals surface area contributed by atoms with Gasteiger partial charge >= 0.3 is 0 Å². The smallest absolute Gasteiger partial charge is 0.0468 e. The van der Waals surface area contributed by atoms with Gasteiger partial charge in [-0.05, 0) is 214 Å². The molecule has 0 saturated heterocycles. The molecule has 10 aliphatic carbocycles. The van der Waals surface area contributed by atoms with Gasteiger partial charge in [0.05, 0.1) is 0 Å². The van der Waals surface area contributed by atoms with Crippen molar-refractivity contribution in [3.05, 3.63) is 174 Å². The maximum absolute atomic E-state index is 2.62. The minimum absolute atomic E-state index is 0.168. The Kier molecular flexibility index (Phi) is 6.82. The Morgan fingerprint density at radius 2 is 0.754 bits per heavy atom. The van der Waals surface area contributed by atoms with Crippen molar-refractivity contribution in [3.8, 4) is 33.4 Å². The van der Waals surface area contributed by atoms with Crippen LogP contribution >= 0.6 is 0 Å². The zero-order chi connectivity index (χ0) is 39.6. The van der Waals surface area contributed by atoms with Crippen molar-refractivity contribution in [1.82, 2.24) is 0 Å². The molecule has 17 rings (SSSR count). The van der Waals surface area contributed by atoms with Crippen LogP contribution in [0.1, 0.15) is 86.5 Å². The number of hydrogen-bond donors (Lipinski definition) is 0. The molecule has 61 heavy (non-hydrogen) atoms. The van der Waals surface area contributed by atoms with Crippen LogP contribution in [0.4, 0.5) is 17.1 Å². The molecule has 0 heterocycles. The van der Waals surface area contributed by atoms with Gasteiger partial charge in [-0.2, -0.15) is 0 Å². The number of rotatable bonds is 4. The topological polar surface area (TPSA) is 3.24 Å². The van der Waals surface area contributed by atoms with Gasteiger partial charge in [0.15, 0.2) is 0 Å². The third-order valence-electron chi connectivity index (χ3n) is 18.8. The maximum atomic E-state index is 2.62. The number of nitrogens with zero attached hydrogens (tertiary/aromatic N) is 1. The highest BCUT2D eigenvalue weighted by atomic mass is 15.1. The molecule has 298 valence electrons. The molecular formula is C60H53N. The highest BCUT2D eigenvalue weighted by Crippen LogP contribution is 2.71. The second-order valence-corrected chi connectivity index (χ2v) is 21.3. The van der Waals surface area contributed by atoms with Crippen LogP contribution < -0.4 is 4.90 Å². The van der Waals surface area contributed by atoms with Crippen LogP contribution in [0, 0.1) is 47.3 Å². The lowest BCUT2D eigenvalue weighted by atomic mass is 9.43. The first-order valence-corrected chi connectivity index (χ1v) is 24.0. The van der Waals surface area contributed by atoms with Crippen molar-refractivity contribution >= 4 is 27.8 Å². The van der Waals surface area contributed by atoms with Gasteiger partial charge in [0.1, 0.15) is 0 Å². The van der Waals surface area contributed by atoms with E-state index in [1.807, 2.05) is 0 Å². The predicted molar refractivity (Wildman–Crippen MR) is 251 cm³/mol. The molecule has 0 atom stereocenters. The fourth-order valence-electron chi connectivity index (χ4n) is 17.3. The van der Waals surface area contributed by atoms with E-state index in [1.54, 1.807) is 22.3 Å². The van der Waals surface area contributed by atoms with Crippen molar-refractivity contribution in [1.29, 1.82) is 0 Å². The second kappa shape index (κ2) is 12.2. The van der Waals surface area contributed by atoms with Crippen LogP contribution in [-0.2, 0) is 10.8 Å². The molecule has 8 saturated carbocycles. The zero-order valence-corrected chi connectivity index (χ0v) is 35.1. The maximum Gasteiger partial charge on any atom is 0.0468 e. The molecule has 1 heteroatoms. The Morgan fingerprint density at radius 1 is 0.328 bits per heavy atom. The largest absolute Gasteiger partial charge is 0.310 e. The summed E-state index contributed by atoms with van der Waals surface area (Å²) >= 11 is 0. The van der Waals surface area contributed by atoms with Gasteiger partial charge in [-0.15, -0.1) is 0 Å². The summed E-state index contributed by atoms with van der Waals surface area (Å²) in [6.07, 6.45) is 14.3. The van der Waals surface area contributed by atoms with E-state index in [9.17, 15) is 0 Å². The highest BCUT2D eigenvalue weighted by Gasteiger charge is 2.63. The fraction of sp³-hybridized carbons (Fsp3) is 0.333. The summed E-state index contributed by atoms with van der Waals surface area (Å²) in [5.74, 6) is 6.82. The van der Waals surface area contributed by atoms with Crippen LogP contribution in [-0.4, -0.2) is 0 Å². The molecule has 0 amide bonds. The van der Waals surface area contributed by atoms with E-state index in [-0.39, 0.29) is 10.8 Å². The lowest BCUT2D eigenvalue weighted by molar-refractivity contribution is -0.0399. The number of benzene rings is 7. The van der Waals surface area contributed by atoms with E-state index in [0.29, 0.717) is 0 Å². The van der Waals surface area contributed by atoms with Crippen molar-refractivity contribution in [2.45, 2.75) is 75.0 Å². The monoisotopic (exact) mass is 787 g/mol. The van der Waals surface area contributed by atoms with Crippen LogP contribution in [0.25, 0.3) is 44.2 Å². The zero-order valence-electron chi connectivity index (χ0n) is 35.1. The average Bonchev–Trinajstić information content (AvgIpc) is 3.75. The number of fused-ring (bicyclic) bond motifs is 7. The van der Waals surface area contributed by atoms with Crippen molar-refractivity contribution < 1.29 is 0 Å². The van der Waals surface area contributed by atoms with E-state index in [0.717, 1.165) is 47.3 Å². The van der Waals surface area contributed by atoms with E-state index < -0.39 is 0 Å². The Labute approximate surface area is 360 Å². The van der Waals surface area contributed by atoms with Gasteiger partial charge in [-0.1, -0.05) is 115 Å². The molecule has 0 N–H and O–H groups in total. The number of anilines is 3. The Balaban J connectivity index is 0.936. The third kappa shape index (κ3) is 4.39. The van der Waals surface area contributed by atoms with E-state index in [2.05, 4.69) is 157 Å². The first kappa shape index (κ1) is 34.2.